The molecule has 3 aromatic rings. The third-order valence-electron chi connectivity index (χ3n) is 3.77. The highest BCUT2D eigenvalue weighted by Gasteiger charge is 2.13. The van der Waals surface area contributed by atoms with E-state index < -0.39 is 5.82 Å². The number of nitrogens with one attached hydrogen (secondary N) is 2. The minimum atomic E-state index is -0.397. The summed E-state index contributed by atoms with van der Waals surface area (Å²) in [5.74, 6) is 0.244. The summed E-state index contributed by atoms with van der Waals surface area (Å²) in [6, 6.07) is 15.6. The standard InChI is InChI=1S/C20H20FN5OS/c1-2-11-26-18(13-22-16-8-4-3-5-9-16)24-25-20(26)28-14-19(27)23-17-10-6-7-15(21)12-17/h2-10,12,22H,1,11,13-14H2,(H,23,27). The van der Waals surface area contributed by atoms with Crippen LogP contribution in [0.1, 0.15) is 5.82 Å². The minimum Gasteiger partial charge on any atom is -0.378 e. The number of aromatic nitrogens is 3. The molecule has 28 heavy (non-hydrogen) atoms. The van der Waals surface area contributed by atoms with Crippen LogP contribution in [0.3, 0.4) is 0 Å². The van der Waals surface area contributed by atoms with Gasteiger partial charge in [-0.05, 0) is 30.3 Å². The highest BCUT2D eigenvalue weighted by atomic mass is 32.2. The van der Waals surface area contributed by atoms with Crippen LogP contribution in [0, 0.1) is 5.82 Å². The van der Waals surface area contributed by atoms with E-state index in [0.717, 1.165) is 11.5 Å². The van der Waals surface area contributed by atoms with Gasteiger partial charge in [0, 0.05) is 17.9 Å². The van der Waals surface area contributed by atoms with E-state index >= 15 is 0 Å². The van der Waals surface area contributed by atoms with Gasteiger partial charge in [-0.15, -0.1) is 16.8 Å². The van der Waals surface area contributed by atoms with E-state index in [-0.39, 0.29) is 11.7 Å². The summed E-state index contributed by atoms with van der Waals surface area (Å²) in [4.78, 5) is 12.1. The Morgan fingerprint density at radius 1 is 1.14 bits per heavy atom. The topological polar surface area (TPSA) is 71.8 Å². The molecule has 1 heterocycles. The third-order valence-corrected chi connectivity index (χ3v) is 4.74. The second kappa shape index (κ2) is 9.70. The van der Waals surface area contributed by atoms with Crippen molar-refractivity contribution in [2.24, 2.45) is 0 Å². The third kappa shape index (κ3) is 5.43. The lowest BCUT2D eigenvalue weighted by atomic mass is 10.3. The number of anilines is 2. The van der Waals surface area contributed by atoms with Crippen LogP contribution in [0.25, 0.3) is 0 Å². The lowest BCUT2D eigenvalue weighted by Crippen LogP contribution is -2.15. The number of thioether (sulfide) groups is 1. The molecule has 6 nitrogen and oxygen atoms in total. The van der Waals surface area contributed by atoms with Gasteiger partial charge in [-0.2, -0.15) is 0 Å². The molecule has 2 aromatic carbocycles. The molecule has 0 saturated carbocycles. The highest BCUT2D eigenvalue weighted by molar-refractivity contribution is 7.99. The molecule has 0 saturated heterocycles. The number of halogens is 1. The van der Waals surface area contributed by atoms with Crippen molar-refractivity contribution in [2.75, 3.05) is 16.4 Å². The zero-order chi connectivity index (χ0) is 19.8. The summed E-state index contributed by atoms with van der Waals surface area (Å²) in [6.45, 7) is 4.81. The van der Waals surface area contributed by atoms with E-state index in [1.165, 1.54) is 23.9 Å². The average Bonchev–Trinajstić information content (AvgIpc) is 3.08. The van der Waals surface area contributed by atoms with Gasteiger partial charge >= 0.3 is 0 Å². The fourth-order valence-corrected chi connectivity index (χ4v) is 3.27. The summed E-state index contributed by atoms with van der Waals surface area (Å²) in [5, 5.41) is 15.0. The zero-order valence-corrected chi connectivity index (χ0v) is 16.0. The number of rotatable bonds is 9. The number of hydrogen-bond acceptors (Lipinski definition) is 5. The van der Waals surface area contributed by atoms with E-state index in [1.54, 1.807) is 18.2 Å². The molecule has 0 spiro atoms. The molecule has 3 rings (SSSR count). The maximum Gasteiger partial charge on any atom is 0.234 e. The SMILES string of the molecule is C=CCn1c(CNc2ccccc2)nnc1SCC(=O)Nc1cccc(F)c1. The molecule has 0 radical (unpaired) electrons. The number of nitrogens with zero attached hydrogens (tertiary/aromatic N) is 3. The van der Waals surface area contributed by atoms with Crippen molar-refractivity contribution in [2.45, 2.75) is 18.2 Å². The molecule has 0 unspecified atom stereocenters. The lowest BCUT2D eigenvalue weighted by Gasteiger charge is -2.09. The summed E-state index contributed by atoms with van der Waals surface area (Å²) in [7, 11) is 0. The summed E-state index contributed by atoms with van der Waals surface area (Å²) >= 11 is 1.27. The molecule has 8 heteroatoms. The monoisotopic (exact) mass is 397 g/mol. The van der Waals surface area contributed by atoms with Crippen molar-refractivity contribution in [1.29, 1.82) is 0 Å². The van der Waals surface area contributed by atoms with Gasteiger partial charge in [-0.3, -0.25) is 4.79 Å². The minimum absolute atomic E-state index is 0.137. The van der Waals surface area contributed by atoms with Gasteiger partial charge in [-0.1, -0.05) is 42.1 Å². The van der Waals surface area contributed by atoms with Gasteiger partial charge in [0.15, 0.2) is 11.0 Å². The van der Waals surface area contributed by atoms with E-state index in [4.69, 9.17) is 0 Å². The van der Waals surface area contributed by atoms with Crippen LogP contribution in [0.4, 0.5) is 15.8 Å². The van der Waals surface area contributed by atoms with Crippen molar-refractivity contribution in [3.63, 3.8) is 0 Å². The van der Waals surface area contributed by atoms with Gasteiger partial charge in [0.2, 0.25) is 5.91 Å². The number of carbonyl (C=O) groups excluding carboxylic acids is 1. The lowest BCUT2D eigenvalue weighted by molar-refractivity contribution is -0.113. The molecular formula is C20H20FN5OS. The Hall–Kier alpha value is -3.13. The smallest absolute Gasteiger partial charge is 0.234 e. The Labute approximate surface area is 166 Å². The maximum atomic E-state index is 13.2. The summed E-state index contributed by atoms with van der Waals surface area (Å²) in [5.41, 5.74) is 1.41. The first-order valence-corrected chi connectivity index (χ1v) is 9.64. The molecule has 0 atom stereocenters. The second-order valence-electron chi connectivity index (χ2n) is 5.86. The van der Waals surface area contributed by atoms with E-state index in [0.29, 0.717) is 23.9 Å². The second-order valence-corrected chi connectivity index (χ2v) is 6.81. The first-order valence-electron chi connectivity index (χ1n) is 8.66. The molecule has 1 amide bonds. The molecule has 0 aliphatic rings. The molecule has 0 fully saturated rings. The van der Waals surface area contributed by atoms with Gasteiger partial charge < -0.3 is 15.2 Å². The Balaban J connectivity index is 1.60. The number of hydrogen-bond donors (Lipinski definition) is 2. The van der Waals surface area contributed by atoms with Crippen LogP contribution in [0.2, 0.25) is 0 Å². The van der Waals surface area contributed by atoms with Crippen LogP contribution >= 0.6 is 11.8 Å². The van der Waals surface area contributed by atoms with Crippen LogP contribution < -0.4 is 10.6 Å². The number of allylic oxidation sites excluding steroid dienone is 1. The predicted octanol–water partition coefficient (Wildman–Crippen LogP) is 3.95. The van der Waals surface area contributed by atoms with E-state index in [9.17, 15) is 9.18 Å². The van der Waals surface area contributed by atoms with Crippen LogP contribution in [-0.2, 0) is 17.9 Å². The fraction of sp³-hybridized carbons (Fsp3) is 0.150. The Bertz CT molecular complexity index is 945. The number of para-hydroxylation sites is 1. The van der Waals surface area contributed by atoms with Gasteiger partial charge in [-0.25, -0.2) is 4.39 Å². The van der Waals surface area contributed by atoms with Crippen molar-refractivity contribution >= 4 is 29.0 Å². The van der Waals surface area contributed by atoms with Crippen molar-refractivity contribution in [3.05, 3.63) is 78.9 Å². The Morgan fingerprint density at radius 2 is 1.93 bits per heavy atom. The molecular weight excluding hydrogens is 377 g/mol. The predicted molar refractivity (Wildman–Crippen MR) is 110 cm³/mol. The maximum absolute atomic E-state index is 13.2. The van der Waals surface area contributed by atoms with E-state index in [2.05, 4.69) is 27.4 Å². The Morgan fingerprint density at radius 3 is 2.68 bits per heavy atom. The molecule has 0 bridgehead atoms. The Kier molecular flexibility index (Phi) is 6.80. The van der Waals surface area contributed by atoms with Crippen molar-refractivity contribution < 1.29 is 9.18 Å². The van der Waals surface area contributed by atoms with Crippen LogP contribution in [0.15, 0.2) is 72.4 Å². The summed E-state index contributed by atoms with van der Waals surface area (Å²) in [6.07, 6.45) is 1.76. The average molecular weight is 397 g/mol. The largest absolute Gasteiger partial charge is 0.378 e. The van der Waals surface area contributed by atoms with E-state index in [1.807, 2.05) is 34.9 Å². The number of carbonyl (C=O) groups is 1. The molecule has 144 valence electrons. The highest BCUT2D eigenvalue weighted by Crippen LogP contribution is 2.19. The zero-order valence-electron chi connectivity index (χ0n) is 15.1. The van der Waals surface area contributed by atoms with Crippen molar-refractivity contribution in [1.82, 2.24) is 14.8 Å². The summed E-state index contributed by atoms with van der Waals surface area (Å²) < 4.78 is 15.1. The van der Waals surface area contributed by atoms with Crippen molar-refractivity contribution in [3.8, 4) is 0 Å². The first kappa shape index (κ1) is 19.6. The number of benzene rings is 2. The van der Waals surface area contributed by atoms with Crippen LogP contribution in [0.5, 0.6) is 0 Å². The molecule has 0 aliphatic carbocycles. The van der Waals surface area contributed by atoms with Gasteiger partial charge in [0.25, 0.3) is 0 Å². The van der Waals surface area contributed by atoms with Gasteiger partial charge in [0.05, 0.1) is 12.3 Å². The molecule has 1 aromatic heterocycles. The number of amides is 1. The quantitative estimate of drug-likeness (QED) is 0.423. The van der Waals surface area contributed by atoms with Gasteiger partial charge in [0.1, 0.15) is 5.82 Å². The normalized spacial score (nSPS) is 10.5. The molecule has 2 N–H and O–H groups in total. The van der Waals surface area contributed by atoms with Crippen LogP contribution in [-0.4, -0.2) is 26.4 Å². The fourth-order valence-electron chi connectivity index (χ4n) is 2.50. The first-order chi connectivity index (χ1) is 13.7. The molecule has 0 aliphatic heterocycles.